The molecule has 0 aromatic heterocycles. The van der Waals surface area contributed by atoms with Crippen molar-refractivity contribution < 1.29 is 10.8 Å². The van der Waals surface area contributed by atoms with Crippen LogP contribution in [0.5, 0.6) is 0 Å². The summed E-state index contributed by atoms with van der Waals surface area (Å²) in [5.74, 6) is 1.68. The molecule has 0 aromatic rings. The second-order valence-electron chi connectivity index (χ2n) is 6.29. The molecule has 4 N–H and O–H groups in total. The lowest BCUT2D eigenvalue weighted by Gasteiger charge is -2.60. The molecule has 0 aliphatic heterocycles. The van der Waals surface area contributed by atoms with Gasteiger partial charge in [-0.2, -0.15) is 0 Å². The summed E-state index contributed by atoms with van der Waals surface area (Å²) in [6.45, 7) is 1.05. The number of rotatable bonds is 2. The molecule has 14 heavy (non-hydrogen) atoms. The van der Waals surface area contributed by atoms with Crippen LogP contribution in [-0.4, -0.2) is 17.3 Å². The third-order valence-electron chi connectivity index (χ3n) is 4.86. The molecule has 4 rings (SSSR count). The van der Waals surface area contributed by atoms with Gasteiger partial charge in [-0.15, -0.1) is 0 Å². The van der Waals surface area contributed by atoms with Crippen molar-refractivity contribution >= 4 is 0 Å². The molecular formula is C12H22NO+. The molecule has 4 aliphatic carbocycles. The van der Waals surface area contributed by atoms with Crippen LogP contribution in [0.15, 0.2) is 0 Å². The van der Waals surface area contributed by atoms with E-state index in [2.05, 4.69) is 5.73 Å². The fourth-order valence-corrected chi connectivity index (χ4v) is 5.07. The van der Waals surface area contributed by atoms with Gasteiger partial charge in [0.05, 0.1) is 12.1 Å². The van der Waals surface area contributed by atoms with E-state index in [-0.39, 0.29) is 5.60 Å². The van der Waals surface area contributed by atoms with Gasteiger partial charge in [0, 0.05) is 6.42 Å². The van der Waals surface area contributed by atoms with Crippen molar-refractivity contribution in [1.82, 2.24) is 0 Å². The summed E-state index contributed by atoms with van der Waals surface area (Å²) >= 11 is 0. The maximum absolute atomic E-state index is 10.5. The predicted molar refractivity (Wildman–Crippen MR) is 54.4 cm³/mol. The van der Waals surface area contributed by atoms with E-state index in [1.54, 1.807) is 0 Å². The standard InChI is InChI=1S/C12H21NO/c13-2-1-11-4-9-3-10(5-11)7-12(14,6-9)8-11/h9-10,14H,1-8,13H2/p+1/t9-,10-,11?,12?/m1/s1. The minimum absolute atomic E-state index is 0.265. The Balaban J connectivity index is 1.89. The lowest BCUT2D eigenvalue weighted by atomic mass is 9.47. The summed E-state index contributed by atoms with van der Waals surface area (Å²) < 4.78 is 0. The molecule has 4 bridgehead atoms. The van der Waals surface area contributed by atoms with Gasteiger partial charge in [-0.3, -0.25) is 0 Å². The van der Waals surface area contributed by atoms with Crippen LogP contribution >= 0.6 is 0 Å². The highest BCUT2D eigenvalue weighted by molar-refractivity contribution is 5.07. The molecule has 0 saturated heterocycles. The molecule has 0 unspecified atom stereocenters. The van der Waals surface area contributed by atoms with Crippen LogP contribution in [0.3, 0.4) is 0 Å². The van der Waals surface area contributed by atoms with E-state index in [0.717, 1.165) is 37.6 Å². The molecule has 2 atom stereocenters. The maximum Gasteiger partial charge on any atom is 0.0745 e. The van der Waals surface area contributed by atoms with Crippen molar-refractivity contribution in [1.29, 1.82) is 0 Å². The Hall–Kier alpha value is -0.0800. The highest BCUT2D eigenvalue weighted by Crippen LogP contribution is 2.62. The van der Waals surface area contributed by atoms with E-state index in [1.165, 1.54) is 25.7 Å². The zero-order chi connectivity index (χ0) is 9.81. The quantitative estimate of drug-likeness (QED) is 0.678. The fourth-order valence-electron chi connectivity index (χ4n) is 5.07. The first-order valence-electron chi connectivity index (χ1n) is 6.15. The average Bonchev–Trinajstić information content (AvgIpc) is 1.97. The normalized spacial score (nSPS) is 55.3. The highest BCUT2D eigenvalue weighted by atomic mass is 16.3. The SMILES string of the molecule is [NH3+]CCC12C[C@H]3C[C@@H](CC(O)(C3)C1)C2. The Morgan fingerprint density at radius 1 is 1.14 bits per heavy atom. The van der Waals surface area contributed by atoms with Crippen LogP contribution in [0.4, 0.5) is 0 Å². The average molecular weight is 196 g/mol. The smallest absolute Gasteiger partial charge is 0.0745 e. The molecular weight excluding hydrogens is 174 g/mol. The molecule has 2 nitrogen and oxygen atoms in total. The fraction of sp³-hybridized carbons (Fsp3) is 1.00. The van der Waals surface area contributed by atoms with Crippen molar-refractivity contribution in [3.63, 3.8) is 0 Å². The molecule has 0 radical (unpaired) electrons. The van der Waals surface area contributed by atoms with Gasteiger partial charge in [0.1, 0.15) is 0 Å². The number of hydrogen-bond acceptors (Lipinski definition) is 1. The van der Waals surface area contributed by atoms with Gasteiger partial charge in [0.2, 0.25) is 0 Å². The first kappa shape index (κ1) is 9.17. The molecule has 80 valence electrons. The van der Waals surface area contributed by atoms with Gasteiger partial charge in [-0.1, -0.05) is 0 Å². The van der Waals surface area contributed by atoms with E-state index >= 15 is 0 Å². The molecule has 2 heteroatoms. The lowest BCUT2D eigenvalue weighted by Crippen LogP contribution is -2.59. The number of hydrogen-bond donors (Lipinski definition) is 2. The largest absolute Gasteiger partial charge is 0.390 e. The van der Waals surface area contributed by atoms with Crippen LogP contribution in [-0.2, 0) is 0 Å². The monoisotopic (exact) mass is 196 g/mol. The zero-order valence-corrected chi connectivity index (χ0v) is 8.97. The van der Waals surface area contributed by atoms with E-state index in [4.69, 9.17) is 0 Å². The Morgan fingerprint density at radius 2 is 1.79 bits per heavy atom. The summed E-state index contributed by atoms with van der Waals surface area (Å²) in [5, 5.41) is 10.5. The molecule has 4 fully saturated rings. The minimum atomic E-state index is -0.265. The van der Waals surface area contributed by atoms with Gasteiger partial charge in [-0.05, 0) is 55.8 Å². The van der Waals surface area contributed by atoms with Crippen LogP contribution in [0, 0.1) is 17.3 Å². The van der Waals surface area contributed by atoms with E-state index in [9.17, 15) is 5.11 Å². The third-order valence-corrected chi connectivity index (χ3v) is 4.86. The third kappa shape index (κ3) is 1.24. The van der Waals surface area contributed by atoms with Crippen molar-refractivity contribution in [3.05, 3.63) is 0 Å². The molecule has 4 aliphatic rings. The topological polar surface area (TPSA) is 47.9 Å². The predicted octanol–water partition coefficient (Wildman–Crippen LogP) is 0.950. The molecule has 0 aromatic carbocycles. The maximum atomic E-state index is 10.5. The second kappa shape index (κ2) is 2.73. The Labute approximate surface area is 85.9 Å². The van der Waals surface area contributed by atoms with Gasteiger partial charge >= 0.3 is 0 Å². The molecule has 0 heterocycles. The van der Waals surface area contributed by atoms with Crippen LogP contribution in [0.2, 0.25) is 0 Å². The highest BCUT2D eigenvalue weighted by Gasteiger charge is 2.56. The minimum Gasteiger partial charge on any atom is -0.390 e. The Bertz CT molecular complexity index is 237. The number of aliphatic hydroxyl groups is 1. The molecule has 0 amide bonds. The van der Waals surface area contributed by atoms with Crippen molar-refractivity contribution in [2.45, 2.75) is 50.5 Å². The first-order chi connectivity index (χ1) is 6.63. The number of quaternary nitrogens is 1. The Kier molecular flexibility index (Phi) is 1.79. The first-order valence-corrected chi connectivity index (χ1v) is 6.15. The van der Waals surface area contributed by atoms with Gasteiger partial charge < -0.3 is 10.8 Å². The summed E-state index contributed by atoms with van der Waals surface area (Å²) in [6.07, 6.45) is 8.72. The summed E-state index contributed by atoms with van der Waals surface area (Å²) in [7, 11) is 0. The van der Waals surface area contributed by atoms with E-state index in [1.807, 2.05) is 0 Å². The van der Waals surface area contributed by atoms with E-state index in [0.29, 0.717) is 5.41 Å². The van der Waals surface area contributed by atoms with Gasteiger partial charge in [0.25, 0.3) is 0 Å². The summed E-state index contributed by atoms with van der Waals surface area (Å²) in [5.41, 5.74) is 4.24. The van der Waals surface area contributed by atoms with Crippen molar-refractivity contribution in [2.24, 2.45) is 17.3 Å². The van der Waals surface area contributed by atoms with Crippen LogP contribution in [0.25, 0.3) is 0 Å². The second-order valence-corrected chi connectivity index (χ2v) is 6.29. The van der Waals surface area contributed by atoms with Gasteiger partial charge in [-0.25, -0.2) is 0 Å². The van der Waals surface area contributed by atoms with Crippen LogP contribution in [0.1, 0.15) is 44.9 Å². The van der Waals surface area contributed by atoms with Crippen LogP contribution < -0.4 is 5.73 Å². The van der Waals surface area contributed by atoms with Crippen molar-refractivity contribution in [3.8, 4) is 0 Å². The zero-order valence-electron chi connectivity index (χ0n) is 8.97. The van der Waals surface area contributed by atoms with Crippen molar-refractivity contribution in [2.75, 3.05) is 6.54 Å². The lowest BCUT2D eigenvalue weighted by molar-refractivity contribution is -0.375. The van der Waals surface area contributed by atoms with Gasteiger partial charge in [0.15, 0.2) is 0 Å². The molecule has 0 spiro atoms. The summed E-state index contributed by atoms with van der Waals surface area (Å²) in [6, 6.07) is 0. The Morgan fingerprint density at radius 3 is 2.29 bits per heavy atom. The van der Waals surface area contributed by atoms with E-state index < -0.39 is 0 Å². The summed E-state index contributed by atoms with van der Waals surface area (Å²) in [4.78, 5) is 0. The molecule has 4 saturated carbocycles.